The van der Waals surface area contributed by atoms with E-state index in [1.54, 1.807) is 0 Å². The molecule has 0 aromatic rings. The van der Waals surface area contributed by atoms with Crippen molar-refractivity contribution < 1.29 is 4.74 Å². The lowest BCUT2D eigenvalue weighted by Gasteiger charge is -2.03. The Balaban J connectivity index is 2.21. The fraction of sp³-hybridized carbons (Fsp3) is 0.625. The van der Waals surface area contributed by atoms with E-state index in [0.29, 0.717) is 0 Å². The highest BCUT2D eigenvalue weighted by Gasteiger charge is 2.21. The first-order valence-corrected chi connectivity index (χ1v) is 3.60. The average Bonchev–Trinajstić information content (AvgIpc) is 2.64. The highest BCUT2D eigenvalue weighted by molar-refractivity contribution is 5.24. The maximum Gasteiger partial charge on any atom is 0.145 e. The molecule has 0 amide bonds. The van der Waals surface area contributed by atoms with E-state index >= 15 is 0 Å². The predicted octanol–water partition coefficient (Wildman–Crippen LogP) is 2.64. The zero-order valence-electron chi connectivity index (χ0n) is 6.11. The Labute approximate surface area is 56.7 Å². The summed E-state index contributed by atoms with van der Waals surface area (Å²) >= 11 is 0. The van der Waals surface area contributed by atoms with E-state index in [2.05, 4.69) is 13.8 Å². The van der Waals surface area contributed by atoms with Gasteiger partial charge < -0.3 is 4.74 Å². The van der Waals surface area contributed by atoms with Crippen molar-refractivity contribution in [3.63, 3.8) is 0 Å². The molecule has 1 radical (unpaired) electrons. The standard InChI is InChI=1S/C8H13O/c1-3-5-7(4-2)8-6-9-8/h6H,3-5H2,1-2H3. The van der Waals surface area contributed by atoms with Gasteiger partial charge in [0.25, 0.3) is 0 Å². The average molecular weight is 125 g/mol. The van der Waals surface area contributed by atoms with Crippen LogP contribution in [0.5, 0.6) is 0 Å². The van der Waals surface area contributed by atoms with Gasteiger partial charge in [-0.2, -0.15) is 0 Å². The largest absolute Gasteiger partial charge is 0.462 e. The maximum atomic E-state index is 4.97. The molecule has 0 bridgehead atoms. The Morgan fingerprint density at radius 2 is 2.22 bits per heavy atom. The maximum absolute atomic E-state index is 4.97. The third-order valence-corrected chi connectivity index (χ3v) is 1.56. The molecule has 0 unspecified atom stereocenters. The topological polar surface area (TPSA) is 12.5 Å². The normalized spacial score (nSPS) is 15.2. The smallest absolute Gasteiger partial charge is 0.145 e. The highest BCUT2D eigenvalue weighted by atomic mass is 16.5. The van der Waals surface area contributed by atoms with Crippen molar-refractivity contribution in [1.82, 2.24) is 0 Å². The van der Waals surface area contributed by atoms with E-state index in [1.165, 1.54) is 18.8 Å². The molecule has 9 heavy (non-hydrogen) atoms. The summed E-state index contributed by atoms with van der Waals surface area (Å²) in [4.78, 5) is 0. The van der Waals surface area contributed by atoms with Crippen LogP contribution in [0.4, 0.5) is 0 Å². The SMILES string of the molecule is CCC[C](CC)C1=CO1. The minimum Gasteiger partial charge on any atom is -0.462 e. The minimum atomic E-state index is 1.14. The van der Waals surface area contributed by atoms with Crippen molar-refractivity contribution in [3.8, 4) is 0 Å². The van der Waals surface area contributed by atoms with Crippen LogP contribution in [0.1, 0.15) is 33.1 Å². The molecule has 0 fully saturated rings. The molecule has 0 N–H and O–H groups in total. The van der Waals surface area contributed by atoms with Crippen LogP contribution < -0.4 is 0 Å². The Hall–Kier alpha value is -0.460. The Morgan fingerprint density at radius 1 is 1.56 bits per heavy atom. The highest BCUT2D eigenvalue weighted by Crippen LogP contribution is 2.31. The van der Waals surface area contributed by atoms with Crippen molar-refractivity contribution >= 4 is 0 Å². The summed E-state index contributed by atoms with van der Waals surface area (Å²) in [7, 11) is 0. The fourth-order valence-corrected chi connectivity index (χ4v) is 0.972. The van der Waals surface area contributed by atoms with Crippen LogP contribution in [-0.4, -0.2) is 0 Å². The Kier molecular flexibility index (Phi) is 2.15. The number of allylic oxidation sites excluding steroid dienone is 1. The van der Waals surface area contributed by atoms with Crippen LogP contribution in [0.2, 0.25) is 0 Å². The van der Waals surface area contributed by atoms with Crippen LogP contribution in [0.15, 0.2) is 12.0 Å². The molecule has 0 saturated heterocycles. The molecule has 0 saturated carbocycles. The lowest BCUT2D eigenvalue weighted by atomic mass is 10.0. The Bertz CT molecular complexity index is 116. The summed E-state index contributed by atoms with van der Waals surface area (Å²) in [6, 6.07) is 0. The van der Waals surface area contributed by atoms with E-state index < -0.39 is 0 Å². The molecule has 1 aliphatic heterocycles. The van der Waals surface area contributed by atoms with Gasteiger partial charge in [-0.05, 0) is 12.8 Å². The summed E-state index contributed by atoms with van der Waals surface area (Å²) in [5.41, 5.74) is 0. The lowest BCUT2D eigenvalue weighted by Crippen LogP contribution is -1.92. The van der Waals surface area contributed by atoms with Gasteiger partial charge in [0.1, 0.15) is 12.0 Å². The Morgan fingerprint density at radius 3 is 2.56 bits per heavy atom. The van der Waals surface area contributed by atoms with Crippen LogP contribution in [-0.2, 0) is 4.74 Å². The van der Waals surface area contributed by atoms with Gasteiger partial charge in [-0.15, -0.1) is 0 Å². The summed E-state index contributed by atoms with van der Waals surface area (Å²) in [6.45, 7) is 4.37. The molecule has 51 valence electrons. The molecule has 1 aliphatic rings. The third kappa shape index (κ3) is 1.74. The molecule has 1 rings (SSSR count). The van der Waals surface area contributed by atoms with E-state index in [1.807, 2.05) is 6.26 Å². The molecule has 1 nitrogen and oxygen atoms in total. The van der Waals surface area contributed by atoms with Crippen molar-refractivity contribution in [1.29, 1.82) is 0 Å². The van der Waals surface area contributed by atoms with Gasteiger partial charge in [0.05, 0.1) is 0 Å². The zero-order chi connectivity index (χ0) is 6.69. The molecule has 1 heteroatoms. The number of ether oxygens (including phenoxy) is 1. The molecule has 0 aromatic carbocycles. The van der Waals surface area contributed by atoms with Crippen LogP contribution in [0.25, 0.3) is 0 Å². The number of hydrogen-bond donors (Lipinski definition) is 0. The molecular weight excluding hydrogens is 112 g/mol. The number of rotatable bonds is 4. The summed E-state index contributed by atoms with van der Waals surface area (Å²) in [6.07, 6.45) is 5.39. The fourth-order valence-electron chi connectivity index (χ4n) is 0.972. The molecule has 0 aliphatic carbocycles. The van der Waals surface area contributed by atoms with Gasteiger partial charge in [0.2, 0.25) is 0 Å². The van der Waals surface area contributed by atoms with E-state index in [0.717, 1.165) is 12.2 Å². The minimum absolute atomic E-state index is 1.14. The van der Waals surface area contributed by atoms with Gasteiger partial charge in [0, 0.05) is 5.92 Å². The van der Waals surface area contributed by atoms with Crippen molar-refractivity contribution in [2.45, 2.75) is 33.1 Å². The molecule has 0 spiro atoms. The van der Waals surface area contributed by atoms with Crippen LogP contribution >= 0.6 is 0 Å². The second-order valence-electron chi connectivity index (χ2n) is 2.31. The van der Waals surface area contributed by atoms with Gasteiger partial charge in [0.15, 0.2) is 0 Å². The van der Waals surface area contributed by atoms with Crippen molar-refractivity contribution in [3.05, 3.63) is 17.9 Å². The lowest BCUT2D eigenvalue weighted by molar-refractivity contribution is 0.481. The van der Waals surface area contributed by atoms with Crippen LogP contribution in [0, 0.1) is 5.92 Å². The van der Waals surface area contributed by atoms with E-state index in [-0.39, 0.29) is 0 Å². The monoisotopic (exact) mass is 125 g/mol. The molecular formula is C8H13O. The van der Waals surface area contributed by atoms with E-state index in [9.17, 15) is 0 Å². The first kappa shape index (κ1) is 6.66. The summed E-state index contributed by atoms with van der Waals surface area (Å²) in [5.74, 6) is 2.61. The second kappa shape index (κ2) is 2.90. The number of hydrogen-bond acceptors (Lipinski definition) is 1. The van der Waals surface area contributed by atoms with Crippen molar-refractivity contribution in [2.75, 3.05) is 0 Å². The van der Waals surface area contributed by atoms with Gasteiger partial charge >= 0.3 is 0 Å². The van der Waals surface area contributed by atoms with Crippen molar-refractivity contribution in [2.24, 2.45) is 0 Å². The molecule has 0 aromatic heterocycles. The van der Waals surface area contributed by atoms with E-state index in [4.69, 9.17) is 4.74 Å². The molecule has 1 heterocycles. The first-order chi connectivity index (χ1) is 4.38. The van der Waals surface area contributed by atoms with Gasteiger partial charge in [-0.1, -0.05) is 20.3 Å². The quantitative estimate of drug-likeness (QED) is 0.562. The second-order valence-corrected chi connectivity index (χ2v) is 2.31. The summed E-state index contributed by atoms with van der Waals surface area (Å²) in [5, 5.41) is 0. The van der Waals surface area contributed by atoms with Crippen LogP contribution in [0.3, 0.4) is 0 Å². The summed E-state index contributed by atoms with van der Waals surface area (Å²) < 4.78 is 4.97. The predicted molar refractivity (Wildman–Crippen MR) is 37.6 cm³/mol. The first-order valence-electron chi connectivity index (χ1n) is 3.60. The van der Waals surface area contributed by atoms with Gasteiger partial charge in [-0.25, -0.2) is 0 Å². The molecule has 0 atom stereocenters. The van der Waals surface area contributed by atoms with Gasteiger partial charge in [-0.3, -0.25) is 0 Å². The zero-order valence-corrected chi connectivity index (χ0v) is 6.11. The third-order valence-electron chi connectivity index (χ3n) is 1.56.